The van der Waals surface area contributed by atoms with Gasteiger partial charge in [0.2, 0.25) is 0 Å². The molecular weight excluding hydrogens is 363 g/mol. The molecule has 7 heteroatoms. The van der Waals surface area contributed by atoms with E-state index >= 15 is 0 Å². The average Bonchev–Trinajstić information content (AvgIpc) is 2.87. The largest absolute Gasteiger partial charge is 0.417 e. The third-order valence-corrected chi connectivity index (χ3v) is 5.61. The number of rotatable bonds is 2. The summed E-state index contributed by atoms with van der Waals surface area (Å²) in [6, 6.07) is 6.62. The molecule has 2 heterocycles. The van der Waals surface area contributed by atoms with Crippen molar-refractivity contribution in [2.75, 3.05) is 5.32 Å². The molecule has 1 amide bonds. The lowest BCUT2D eigenvalue weighted by Crippen LogP contribution is -2.41. The van der Waals surface area contributed by atoms with Crippen LogP contribution in [0.2, 0.25) is 0 Å². The zero-order chi connectivity index (χ0) is 19.3. The van der Waals surface area contributed by atoms with Crippen molar-refractivity contribution in [2.45, 2.75) is 51.5 Å². The molecule has 1 aliphatic heterocycles. The van der Waals surface area contributed by atoms with Crippen LogP contribution in [-0.2, 0) is 22.9 Å². The van der Waals surface area contributed by atoms with E-state index in [-0.39, 0.29) is 11.2 Å². The van der Waals surface area contributed by atoms with Crippen molar-refractivity contribution >= 4 is 22.2 Å². The highest BCUT2D eigenvalue weighted by Gasteiger charge is 2.40. The number of halogens is 3. The summed E-state index contributed by atoms with van der Waals surface area (Å²) in [5.74, 6) is -0.769. The fraction of sp³-hybridized carbons (Fsp3) is 0.421. The molecule has 140 valence electrons. The highest BCUT2D eigenvalue weighted by molar-refractivity contribution is 7.16. The molecule has 0 aliphatic carbocycles. The summed E-state index contributed by atoms with van der Waals surface area (Å²) < 4.78 is 45.5. The molecule has 3 nitrogen and oxygen atoms in total. The standard InChI is InChI=1S/C19H20F3NO2S/c1-17(2)10-11-9-14(26-15(11)18(3,4)25-17)23-16(24)12-7-5-6-8-13(12)19(20,21)22/h5-9H,10H2,1-4H3,(H,23,24). The zero-order valence-corrected chi connectivity index (χ0v) is 15.8. The number of carbonyl (C=O) groups excluding carboxylic acids is 1. The number of benzene rings is 1. The van der Waals surface area contributed by atoms with Gasteiger partial charge in [-0.25, -0.2) is 0 Å². The quantitative estimate of drug-likeness (QED) is 0.732. The van der Waals surface area contributed by atoms with Gasteiger partial charge in [-0.1, -0.05) is 12.1 Å². The van der Waals surface area contributed by atoms with Crippen molar-refractivity contribution in [3.05, 3.63) is 51.9 Å². The molecule has 3 rings (SSSR count). The van der Waals surface area contributed by atoms with Crippen LogP contribution in [0.4, 0.5) is 18.2 Å². The summed E-state index contributed by atoms with van der Waals surface area (Å²) in [4.78, 5) is 13.4. The maximum Gasteiger partial charge on any atom is 0.417 e. The first kappa shape index (κ1) is 18.9. The number of carbonyl (C=O) groups is 1. The molecule has 2 aromatic rings. The van der Waals surface area contributed by atoms with Crippen LogP contribution in [0.1, 0.15) is 54.1 Å². The number of ether oxygens (including phenoxy) is 1. The van der Waals surface area contributed by atoms with Crippen molar-refractivity contribution < 1.29 is 22.7 Å². The normalized spacial score (nSPS) is 18.3. The van der Waals surface area contributed by atoms with Gasteiger partial charge in [-0.3, -0.25) is 4.79 Å². The van der Waals surface area contributed by atoms with Gasteiger partial charge in [0.25, 0.3) is 5.91 Å². The summed E-state index contributed by atoms with van der Waals surface area (Å²) in [5.41, 5.74) is -1.14. The minimum absolute atomic E-state index is 0.345. The summed E-state index contributed by atoms with van der Waals surface area (Å²) in [7, 11) is 0. The van der Waals surface area contributed by atoms with Gasteiger partial charge in [-0.2, -0.15) is 13.2 Å². The fourth-order valence-electron chi connectivity index (χ4n) is 3.47. The third-order valence-electron chi connectivity index (χ3n) is 4.22. The van der Waals surface area contributed by atoms with Gasteiger partial charge in [0, 0.05) is 11.3 Å². The molecule has 0 saturated heterocycles. The summed E-state index contributed by atoms with van der Waals surface area (Å²) in [6.45, 7) is 7.89. The molecule has 0 fully saturated rings. The van der Waals surface area contributed by atoms with Gasteiger partial charge >= 0.3 is 6.18 Å². The minimum atomic E-state index is -4.58. The molecule has 0 spiro atoms. The number of nitrogens with one attached hydrogen (secondary N) is 1. The molecule has 0 saturated carbocycles. The van der Waals surface area contributed by atoms with Crippen molar-refractivity contribution in [3.8, 4) is 0 Å². The highest BCUT2D eigenvalue weighted by atomic mass is 32.1. The summed E-state index contributed by atoms with van der Waals surface area (Å²) in [5, 5.41) is 3.14. The Kier molecular flexibility index (Phi) is 4.43. The molecule has 0 unspecified atom stereocenters. The number of alkyl halides is 3. The Labute approximate surface area is 154 Å². The van der Waals surface area contributed by atoms with Gasteiger partial charge < -0.3 is 10.1 Å². The number of hydrogen-bond acceptors (Lipinski definition) is 3. The Balaban J connectivity index is 1.91. The molecule has 1 aliphatic rings. The summed E-state index contributed by atoms with van der Waals surface area (Å²) >= 11 is 1.34. The second-order valence-corrected chi connectivity index (χ2v) is 8.56. The maximum absolute atomic E-state index is 13.1. The number of fused-ring (bicyclic) bond motifs is 1. The van der Waals surface area contributed by atoms with Crippen LogP contribution in [0.3, 0.4) is 0 Å². The molecule has 0 bridgehead atoms. The van der Waals surface area contributed by atoms with Crippen LogP contribution in [0, 0.1) is 0 Å². The van der Waals surface area contributed by atoms with E-state index in [4.69, 9.17) is 4.74 Å². The Hall–Kier alpha value is -1.86. The lowest BCUT2D eigenvalue weighted by atomic mass is 9.89. The third kappa shape index (κ3) is 3.64. The fourth-order valence-corrected chi connectivity index (χ4v) is 4.59. The van der Waals surface area contributed by atoms with E-state index in [2.05, 4.69) is 5.32 Å². The number of amides is 1. The van der Waals surface area contributed by atoms with E-state index in [1.165, 1.54) is 29.5 Å². The molecule has 1 aromatic carbocycles. The predicted octanol–water partition coefficient (Wildman–Crippen LogP) is 5.61. The maximum atomic E-state index is 13.1. The van der Waals surface area contributed by atoms with Gasteiger partial charge in [0.15, 0.2) is 0 Å². The van der Waals surface area contributed by atoms with Gasteiger partial charge in [-0.15, -0.1) is 11.3 Å². The topological polar surface area (TPSA) is 38.3 Å². The lowest BCUT2D eigenvalue weighted by Gasteiger charge is -2.41. The van der Waals surface area contributed by atoms with Gasteiger partial charge in [-0.05, 0) is 51.5 Å². The van der Waals surface area contributed by atoms with Crippen molar-refractivity contribution in [2.24, 2.45) is 0 Å². The van der Waals surface area contributed by atoms with Crippen molar-refractivity contribution in [3.63, 3.8) is 0 Å². The minimum Gasteiger partial charge on any atom is -0.364 e. The predicted molar refractivity (Wildman–Crippen MR) is 95.6 cm³/mol. The highest BCUT2D eigenvalue weighted by Crippen LogP contribution is 2.45. The van der Waals surface area contributed by atoms with Gasteiger partial charge in [0.1, 0.15) is 0 Å². The molecule has 1 N–H and O–H groups in total. The first-order valence-corrected chi connectivity index (χ1v) is 9.02. The van der Waals surface area contributed by atoms with E-state index in [1.807, 2.05) is 33.8 Å². The van der Waals surface area contributed by atoms with E-state index in [0.717, 1.165) is 16.5 Å². The molecular formula is C19H20F3NO2S. The monoisotopic (exact) mass is 383 g/mol. The zero-order valence-electron chi connectivity index (χ0n) is 15.0. The van der Waals surface area contributed by atoms with Gasteiger partial charge in [0.05, 0.1) is 27.3 Å². The molecule has 26 heavy (non-hydrogen) atoms. The van der Waals surface area contributed by atoms with Crippen LogP contribution >= 0.6 is 11.3 Å². The van der Waals surface area contributed by atoms with Crippen molar-refractivity contribution in [1.29, 1.82) is 0 Å². The van der Waals surface area contributed by atoms with Crippen molar-refractivity contribution in [1.82, 2.24) is 0 Å². The van der Waals surface area contributed by atoms with Crippen LogP contribution in [-0.4, -0.2) is 11.5 Å². The Morgan fingerprint density at radius 1 is 1.19 bits per heavy atom. The lowest BCUT2D eigenvalue weighted by molar-refractivity contribution is -0.138. The Bertz CT molecular complexity index is 853. The van der Waals surface area contributed by atoms with Crippen LogP contribution in [0.5, 0.6) is 0 Å². The van der Waals surface area contributed by atoms with E-state index in [9.17, 15) is 18.0 Å². The second-order valence-electron chi connectivity index (χ2n) is 7.51. The Morgan fingerprint density at radius 3 is 2.50 bits per heavy atom. The second kappa shape index (κ2) is 6.09. The summed E-state index contributed by atoms with van der Waals surface area (Å²) in [6.07, 6.45) is -3.90. The van der Waals surface area contributed by atoms with E-state index in [0.29, 0.717) is 11.4 Å². The number of thiophene rings is 1. The van der Waals surface area contributed by atoms with Crippen LogP contribution < -0.4 is 5.32 Å². The molecule has 1 aromatic heterocycles. The molecule has 0 atom stereocenters. The first-order chi connectivity index (χ1) is 11.9. The Morgan fingerprint density at radius 2 is 1.85 bits per heavy atom. The molecule has 0 radical (unpaired) electrons. The average molecular weight is 383 g/mol. The van der Waals surface area contributed by atoms with Crippen LogP contribution in [0.25, 0.3) is 0 Å². The van der Waals surface area contributed by atoms with E-state index < -0.39 is 23.2 Å². The van der Waals surface area contributed by atoms with Crippen LogP contribution in [0.15, 0.2) is 30.3 Å². The smallest absolute Gasteiger partial charge is 0.364 e. The number of hydrogen-bond donors (Lipinski definition) is 1. The van der Waals surface area contributed by atoms with E-state index in [1.54, 1.807) is 0 Å². The number of anilines is 1. The first-order valence-electron chi connectivity index (χ1n) is 8.20. The SMILES string of the molecule is CC1(C)Cc2cc(NC(=O)c3ccccc3C(F)(F)F)sc2C(C)(C)O1.